The van der Waals surface area contributed by atoms with Crippen LogP contribution in [0.4, 0.5) is 10.8 Å². The lowest BCUT2D eigenvalue weighted by Crippen LogP contribution is -2.13. The van der Waals surface area contributed by atoms with Gasteiger partial charge in [0, 0.05) is 29.1 Å². The van der Waals surface area contributed by atoms with Gasteiger partial charge in [-0.05, 0) is 12.1 Å². The van der Waals surface area contributed by atoms with Gasteiger partial charge in [-0.3, -0.25) is 10.1 Å². The summed E-state index contributed by atoms with van der Waals surface area (Å²) >= 11 is -0.299. The average molecular weight is 405 g/mol. The standard InChI is InChI=1S/C17H15N3O5S2/c1-24-15-7-6-13(9-16(15)25-2)27(23)19-17-18-14(10-26-17)11-4-3-5-12(8-11)20(21)22/h3-10H,1-2H3,(H,18,19). The van der Waals surface area contributed by atoms with Crippen molar-refractivity contribution in [2.75, 3.05) is 18.9 Å². The fraction of sp³-hybridized carbons (Fsp3) is 0.118. The highest BCUT2D eigenvalue weighted by Gasteiger charge is 2.18. The van der Waals surface area contributed by atoms with Gasteiger partial charge in [0.1, 0.15) is 11.4 Å². The van der Waals surface area contributed by atoms with Crippen molar-refractivity contribution >= 4 is 33.5 Å². The molecular weight excluding hydrogens is 390 g/mol. The summed E-state index contributed by atoms with van der Waals surface area (Å²) in [5, 5.41) is 13.1. The van der Waals surface area contributed by atoms with Crippen LogP contribution in [0.3, 0.4) is 0 Å². The molecule has 0 radical (unpaired) electrons. The van der Waals surface area contributed by atoms with Gasteiger partial charge in [-0.15, -0.1) is 11.3 Å². The first-order valence-electron chi connectivity index (χ1n) is 7.62. The van der Waals surface area contributed by atoms with Crippen LogP contribution in [-0.2, 0) is 11.4 Å². The van der Waals surface area contributed by atoms with Crippen molar-refractivity contribution in [1.29, 1.82) is 0 Å². The molecule has 3 aromatic rings. The Morgan fingerprint density at radius 3 is 2.63 bits per heavy atom. The van der Waals surface area contributed by atoms with Gasteiger partial charge in [-0.2, -0.15) is 4.72 Å². The summed E-state index contributed by atoms with van der Waals surface area (Å²) in [6, 6.07) is 11.2. The number of hydrogen-bond acceptors (Lipinski definition) is 8. The number of methoxy groups -OCH3 is 2. The molecule has 1 unspecified atom stereocenters. The maximum Gasteiger partial charge on any atom is 0.270 e. The molecule has 0 spiro atoms. The molecule has 0 amide bonds. The summed E-state index contributed by atoms with van der Waals surface area (Å²) < 4.78 is 25.8. The van der Waals surface area contributed by atoms with Crippen molar-refractivity contribution < 1.29 is 18.9 Å². The summed E-state index contributed by atoms with van der Waals surface area (Å²) in [6.45, 7) is 0. The Morgan fingerprint density at radius 2 is 1.93 bits per heavy atom. The third kappa shape index (κ3) is 4.30. The molecule has 0 fully saturated rings. The van der Waals surface area contributed by atoms with Gasteiger partial charge in [0.25, 0.3) is 5.69 Å². The van der Waals surface area contributed by atoms with Crippen molar-refractivity contribution in [3.63, 3.8) is 0 Å². The van der Waals surface area contributed by atoms with E-state index >= 15 is 0 Å². The van der Waals surface area contributed by atoms with E-state index in [2.05, 4.69) is 9.71 Å². The topological polar surface area (TPSA) is 110 Å². The minimum atomic E-state index is -1.56. The van der Waals surface area contributed by atoms with Gasteiger partial charge in [-0.1, -0.05) is 12.1 Å². The van der Waals surface area contributed by atoms with Crippen molar-refractivity contribution in [1.82, 2.24) is 4.98 Å². The van der Waals surface area contributed by atoms with Gasteiger partial charge in [0.15, 0.2) is 16.4 Å². The number of anilines is 1. The molecule has 0 saturated carbocycles. The zero-order valence-electron chi connectivity index (χ0n) is 14.4. The highest BCUT2D eigenvalue weighted by atomic mass is 32.2. The molecule has 0 aliphatic rings. The van der Waals surface area contributed by atoms with Gasteiger partial charge in [0.05, 0.1) is 24.8 Å². The minimum Gasteiger partial charge on any atom is -0.588 e. The van der Waals surface area contributed by atoms with Crippen LogP contribution < -0.4 is 14.2 Å². The molecule has 10 heteroatoms. The summed E-state index contributed by atoms with van der Waals surface area (Å²) in [7, 11) is 3.03. The number of non-ortho nitro benzene ring substituents is 1. The predicted molar refractivity (Wildman–Crippen MR) is 104 cm³/mol. The van der Waals surface area contributed by atoms with Crippen LogP contribution >= 0.6 is 11.3 Å². The lowest BCUT2D eigenvalue weighted by molar-refractivity contribution is -0.384. The monoisotopic (exact) mass is 405 g/mol. The van der Waals surface area contributed by atoms with E-state index in [0.29, 0.717) is 32.8 Å². The fourth-order valence-corrected chi connectivity index (χ4v) is 4.01. The number of nitrogens with one attached hydrogen (secondary N) is 1. The molecule has 140 valence electrons. The van der Waals surface area contributed by atoms with Crippen molar-refractivity contribution in [3.8, 4) is 22.8 Å². The zero-order valence-corrected chi connectivity index (χ0v) is 16.0. The predicted octanol–water partition coefficient (Wildman–Crippen LogP) is 3.87. The Balaban J connectivity index is 1.77. The van der Waals surface area contributed by atoms with Crippen LogP contribution in [0.2, 0.25) is 0 Å². The second-order valence-corrected chi connectivity index (χ2v) is 7.30. The normalized spacial score (nSPS) is 11.7. The minimum absolute atomic E-state index is 0.0103. The zero-order chi connectivity index (χ0) is 19.4. The number of nitrogens with zero attached hydrogens (tertiary/aromatic N) is 2. The summed E-state index contributed by atoms with van der Waals surface area (Å²) in [4.78, 5) is 15.3. The lowest BCUT2D eigenvalue weighted by Gasteiger charge is -2.12. The van der Waals surface area contributed by atoms with Gasteiger partial charge < -0.3 is 14.0 Å². The molecule has 3 rings (SSSR count). The fourth-order valence-electron chi connectivity index (χ4n) is 2.30. The molecule has 27 heavy (non-hydrogen) atoms. The number of nitro benzene ring substituents is 1. The van der Waals surface area contributed by atoms with Crippen LogP contribution in [0.15, 0.2) is 52.7 Å². The summed E-state index contributed by atoms with van der Waals surface area (Å²) in [5.74, 6) is 1.02. The molecule has 8 nitrogen and oxygen atoms in total. The highest BCUT2D eigenvalue weighted by molar-refractivity contribution is 7.93. The lowest BCUT2D eigenvalue weighted by atomic mass is 10.1. The molecule has 1 atom stereocenters. The van der Waals surface area contributed by atoms with Crippen LogP contribution in [0, 0.1) is 10.1 Å². The third-order valence-electron chi connectivity index (χ3n) is 3.61. The van der Waals surface area contributed by atoms with Gasteiger partial charge in [0.2, 0.25) is 5.13 Å². The van der Waals surface area contributed by atoms with E-state index in [9.17, 15) is 14.7 Å². The summed E-state index contributed by atoms with van der Waals surface area (Å²) in [5.41, 5.74) is 1.17. The number of ether oxygens (including phenoxy) is 2. The Hall–Kier alpha value is -2.82. The number of rotatable bonds is 7. The molecule has 1 aromatic heterocycles. The molecular formula is C17H15N3O5S2. The quantitative estimate of drug-likeness (QED) is 0.361. The largest absolute Gasteiger partial charge is 0.588 e. The molecule has 2 aromatic carbocycles. The first-order chi connectivity index (χ1) is 13.0. The SMILES string of the molecule is COc1ccc([S+]([O-])Nc2nc(-c3cccc([N+](=O)[O-])c3)cs2)cc1OC. The van der Waals surface area contributed by atoms with Crippen molar-refractivity contribution in [3.05, 3.63) is 58.0 Å². The Kier molecular flexibility index (Phi) is 5.79. The molecule has 0 aliphatic heterocycles. The average Bonchev–Trinajstić information content (AvgIpc) is 3.15. The molecule has 1 N–H and O–H groups in total. The summed E-state index contributed by atoms with van der Waals surface area (Å²) in [6.07, 6.45) is 0. The van der Waals surface area contributed by atoms with Crippen LogP contribution in [0.25, 0.3) is 11.3 Å². The van der Waals surface area contributed by atoms with E-state index in [0.717, 1.165) is 0 Å². The second kappa shape index (κ2) is 8.25. The second-order valence-electron chi connectivity index (χ2n) is 5.23. The van der Waals surface area contributed by atoms with Crippen LogP contribution in [-0.4, -0.2) is 28.7 Å². The Bertz CT molecular complexity index is 963. The first-order valence-corrected chi connectivity index (χ1v) is 9.65. The maximum atomic E-state index is 12.6. The number of benzene rings is 2. The van der Waals surface area contributed by atoms with Gasteiger partial charge in [-0.25, -0.2) is 4.98 Å². The van der Waals surface area contributed by atoms with E-state index in [1.165, 1.54) is 37.7 Å². The third-order valence-corrected chi connectivity index (χ3v) is 5.55. The van der Waals surface area contributed by atoms with E-state index in [4.69, 9.17) is 9.47 Å². The Labute approximate surface area is 162 Å². The number of thiazole rings is 1. The molecule has 0 saturated heterocycles. The number of hydrogen-bond donors (Lipinski definition) is 1. The van der Waals surface area contributed by atoms with Gasteiger partial charge >= 0.3 is 0 Å². The molecule has 0 bridgehead atoms. The van der Waals surface area contributed by atoms with E-state index in [1.807, 2.05) is 0 Å². The van der Waals surface area contributed by atoms with Crippen molar-refractivity contribution in [2.24, 2.45) is 0 Å². The molecule has 0 aliphatic carbocycles. The van der Waals surface area contributed by atoms with Crippen LogP contribution in [0.1, 0.15) is 0 Å². The van der Waals surface area contributed by atoms with E-state index in [1.54, 1.807) is 35.7 Å². The van der Waals surface area contributed by atoms with E-state index in [-0.39, 0.29) is 5.69 Å². The van der Waals surface area contributed by atoms with E-state index < -0.39 is 16.3 Å². The van der Waals surface area contributed by atoms with Crippen molar-refractivity contribution in [2.45, 2.75) is 4.90 Å². The number of aromatic nitrogens is 1. The smallest absolute Gasteiger partial charge is 0.270 e. The van der Waals surface area contributed by atoms with Crippen LogP contribution in [0.5, 0.6) is 11.5 Å². The first kappa shape index (κ1) is 19.0. The highest BCUT2D eigenvalue weighted by Crippen LogP contribution is 2.32. The maximum absolute atomic E-state index is 12.6. The Morgan fingerprint density at radius 1 is 1.15 bits per heavy atom. The molecule has 1 heterocycles. The number of nitro groups is 1.